The Morgan fingerprint density at radius 2 is 2.00 bits per heavy atom. The molecule has 2 heterocycles. The van der Waals surface area contributed by atoms with Gasteiger partial charge in [-0.15, -0.1) is 0 Å². The van der Waals surface area contributed by atoms with Crippen LogP contribution in [0.25, 0.3) is 6.08 Å². The van der Waals surface area contributed by atoms with Crippen LogP contribution in [-0.2, 0) is 9.53 Å². The first kappa shape index (κ1) is 17.8. The van der Waals surface area contributed by atoms with Crippen LogP contribution in [-0.4, -0.2) is 55.5 Å². The lowest BCUT2D eigenvalue weighted by atomic mass is 10.1. The summed E-state index contributed by atoms with van der Waals surface area (Å²) in [6.45, 7) is 7.87. The van der Waals surface area contributed by atoms with Gasteiger partial charge in [-0.3, -0.25) is 4.79 Å². The molecule has 7 heteroatoms. The SMILES string of the molecule is CCOc1ccc(/C=C2/SC(N3CCOCC3)=NC2=O)c(OCC)c1. The van der Waals surface area contributed by atoms with Crippen LogP contribution in [0.3, 0.4) is 0 Å². The van der Waals surface area contributed by atoms with Crippen molar-refractivity contribution < 1.29 is 19.0 Å². The number of hydrogen-bond donors (Lipinski definition) is 0. The van der Waals surface area contributed by atoms with Gasteiger partial charge in [-0.05, 0) is 43.8 Å². The number of benzene rings is 1. The monoisotopic (exact) mass is 362 g/mol. The van der Waals surface area contributed by atoms with E-state index in [0.717, 1.165) is 29.6 Å². The third kappa shape index (κ3) is 4.35. The highest BCUT2D eigenvalue weighted by atomic mass is 32.2. The summed E-state index contributed by atoms with van der Waals surface area (Å²) in [4.78, 5) is 19.2. The second-order valence-corrected chi connectivity index (χ2v) is 6.48. The second kappa shape index (κ2) is 8.40. The maximum Gasteiger partial charge on any atom is 0.286 e. The maximum atomic E-state index is 12.3. The van der Waals surface area contributed by atoms with Gasteiger partial charge in [0.2, 0.25) is 0 Å². The summed E-state index contributed by atoms with van der Waals surface area (Å²) in [6, 6.07) is 5.64. The molecule has 6 nitrogen and oxygen atoms in total. The molecule has 0 bridgehead atoms. The van der Waals surface area contributed by atoms with Crippen LogP contribution < -0.4 is 9.47 Å². The molecule has 1 aromatic rings. The molecule has 134 valence electrons. The number of morpholine rings is 1. The highest BCUT2D eigenvalue weighted by Gasteiger charge is 2.27. The first-order valence-corrected chi connectivity index (χ1v) is 9.27. The minimum atomic E-state index is -0.206. The largest absolute Gasteiger partial charge is 0.494 e. The molecule has 0 atom stereocenters. The summed E-state index contributed by atoms with van der Waals surface area (Å²) >= 11 is 1.41. The number of aliphatic imine (C=N–C) groups is 1. The molecule has 2 aliphatic rings. The third-order valence-electron chi connectivity index (χ3n) is 3.77. The Labute approximate surface area is 151 Å². The average Bonchev–Trinajstić information content (AvgIpc) is 2.99. The number of thioether (sulfide) groups is 1. The van der Waals surface area contributed by atoms with Crippen molar-refractivity contribution in [3.8, 4) is 11.5 Å². The van der Waals surface area contributed by atoms with E-state index in [2.05, 4.69) is 9.89 Å². The van der Waals surface area contributed by atoms with E-state index in [1.807, 2.05) is 38.1 Å². The molecule has 0 N–H and O–H groups in total. The fourth-order valence-corrected chi connectivity index (χ4v) is 3.56. The Balaban J connectivity index is 1.79. The lowest BCUT2D eigenvalue weighted by Gasteiger charge is -2.27. The van der Waals surface area contributed by atoms with E-state index in [9.17, 15) is 4.79 Å². The van der Waals surface area contributed by atoms with Gasteiger partial charge in [-0.25, -0.2) is 0 Å². The van der Waals surface area contributed by atoms with Crippen LogP contribution in [0.1, 0.15) is 19.4 Å². The van der Waals surface area contributed by atoms with Crippen molar-refractivity contribution in [3.05, 3.63) is 28.7 Å². The Bertz CT molecular complexity index is 696. The van der Waals surface area contributed by atoms with Crippen LogP contribution in [0.4, 0.5) is 0 Å². The van der Waals surface area contributed by atoms with Gasteiger partial charge in [0, 0.05) is 24.7 Å². The van der Waals surface area contributed by atoms with Gasteiger partial charge in [0.25, 0.3) is 5.91 Å². The van der Waals surface area contributed by atoms with E-state index in [1.165, 1.54) is 11.8 Å². The fraction of sp³-hybridized carbons (Fsp3) is 0.444. The summed E-state index contributed by atoms with van der Waals surface area (Å²) in [7, 11) is 0. The molecule has 0 unspecified atom stereocenters. The van der Waals surface area contributed by atoms with E-state index in [1.54, 1.807) is 0 Å². The zero-order valence-corrected chi connectivity index (χ0v) is 15.3. The van der Waals surface area contributed by atoms with Gasteiger partial charge >= 0.3 is 0 Å². The lowest BCUT2D eigenvalue weighted by Crippen LogP contribution is -2.38. The Morgan fingerprint density at radius 3 is 2.72 bits per heavy atom. The van der Waals surface area contributed by atoms with Gasteiger partial charge < -0.3 is 19.1 Å². The second-order valence-electron chi connectivity index (χ2n) is 5.48. The molecule has 0 aromatic heterocycles. The van der Waals surface area contributed by atoms with Crippen molar-refractivity contribution in [3.63, 3.8) is 0 Å². The molecule has 1 aromatic carbocycles. The van der Waals surface area contributed by atoms with Crippen LogP contribution in [0, 0.1) is 0 Å². The molecular weight excluding hydrogens is 340 g/mol. The van der Waals surface area contributed by atoms with Gasteiger partial charge in [-0.1, -0.05) is 0 Å². The first-order chi connectivity index (χ1) is 12.2. The smallest absolute Gasteiger partial charge is 0.286 e. The van der Waals surface area contributed by atoms with E-state index in [0.29, 0.717) is 37.1 Å². The minimum Gasteiger partial charge on any atom is -0.494 e. The first-order valence-electron chi connectivity index (χ1n) is 8.46. The molecule has 0 spiro atoms. The predicted molar refractivity (Wildman–Crippen MR) is 99.2 cm³/mol. The molecule has 2 aliphatic heterocycles. The van der Waals surface area contributed by atoms with Gasteiger partial charge in [0.15, 0.2) is 5.17 Å². The minimum absolute atomic E-state index is 0.206. The number of carbonyl (C=O) groups is 1. The van der Waals surface area contributed by atoms with E-state index < -0.39 is 0 Å². The van der Waals surface area contributed by atoms with Crippen LogP contribution >= 0.6 is 11.8 Å². The quantitative estimate of drug-likeness (QED) is 0.751. The van der Waals surface area contributed by atoms with Gasteiger partial charge in [-0.2, -0.15) is 4.99 Å². The molecule has 0 saturated carbocycles. The number of nitrogens with zero attached hydrogens (tertiary/aromatic N) is 2. The van der Waals surface area contributed by atoms with E-state index in [-0.39, 0.29) is 5.91 Å². The number of rotatable bonds is 5. The highest BCUT2D eigenvalue weighted by molar-refractivity contribution is 8.18. The summed E-state index contributed by atoms with van der Waals surface area (Å²) in [5, 5.41) is 0.753. The zero-order chi connectivity index (χ0) is 17.6. The standard InChI is InChI=1S/C18H22N2O4S/c1-3-23-14-6-5-13(15(12-14)24-4-2)11-16-17(21)19-18(25-16)20-7-9-22-10-8-20/h5-6,11-12H,3-4,7-10H2,1-2H3/b16-11+. The Morgan fingerprint density at radius 1 is 1.24 bits per heavy atom. The van der Waals surface area contributed by atoms with Crippen molar-refractivity contribution in [1.29, 1.82) is 0 Å². The predicted octanol–water partition coefficient (Wildman–Crippen LogP) is 2.79. The lowest BCUT2D eigenvalue weighted by molar-refractivity contribution is -0.113. The normalized spacial score (nSPS) is 19.3. The van der Waals surface area contributed by atoms with E-state index >= 15 is 0 Å². The molecule has 1 amide bonds. The maximum absolute atomic E-state index is 12.3. The summed E-state index contributed by atoms with van der Waals surface area (Å²) in [5.41, 5.74) is 0.847. The summed E-state index contributed by atoms with van der Waals surface area (Å²) in [5.74, 6) is 1.25. The fourth-order valence-electron chi connectivity index (χ4n) is 2.60. The van der Waals surface area contributed by atoms with E-state index in [4.69, 9.17) is 14.2 Å². The number of ether oxygens (including phenoxy) is 3. The zero-order valence-electron chi connectivity index (χ0n) is 14.5. The molecule has 1 saturated heterocycles. The Kier molecular flexibility index (Phi) is 5.99. The number of hydrogen-bond acceptors (Lipinski definition) is 6. The van der Waals surface area contributed by atoms with Crippen molar-refractivity contribution >= 4 is 28.9 Å². The van der Waals surface area contributed by atoms with Crippen molar-refractivity contribution in [1.82, 2.24) is 4.90 Å². The molecule has 25 heavy (non-hydrogen) atoms. The van der Waals surface area contributed by atoms with Crippen molar-refractivity contribution in [2.45, 2.75) is 13.8 Å². The van der Waals surface area contributed by atoms with Crippen molar-refractivity contribution in [2.24, 2.45) is 4.99 Å². The van der Waals surface area contributed by atoms with Gasteiger partial charge in [0.05, 0.1) is 31.3 Å². The molecular formula is C18H22N2O4S. The third-order valence-corrected chi connectivity index (χ3v) is 4.82. The molecule has 1 fully saturated rings. The van der Waals surface area contributed by atoms with Gasteiger partial charge in [0.1, 0.15) is 11.5 Å². The highest BCUT2D eigenvalue weighted by Crippen LogP contribution is 2.34. The molecule has 3 rings (SSSR count). The topological polar surface area (TPSA) is 60.4 Å². The van der Waals surface area contributed by atoms with Crippen LogP contribution in [0.15, 0.2) is 28.1 Å². The molecule has 0 radical (unpaired) electrons. The Hall–Kier alpha value is -1.99. The van der Waals surface area contributed by atoms with Crippen LogP contribution in [0.2, 0.25) is 0 Å². The van der Waals surface area contributed by atoms with Crippen LogP contribution in [0.5, 0.6) is 11.5 Å². The molecule has 0 aliphatic carbocycles. The summed E-state index contributed by atoms with van der Waals surface area (Å²) in [6.07, 6.45) is 1.84. The van der Waals surface area contributed by atoms with Crippen molar-refractivity contribution in [2.75, 3.05) is 39.5 Å². The summed E-state index contributed by atoms with van der Waals surface area (Å²) < 4.78 is 16.6. The average molecular weight is 362 g/mol. The number of amides is 1. The number of amidine groups is 1. The number of carbonyl (C=O) groups excluding carboxylic acids is 1.